The van der Waals surface area contributed by atoms with Crippen LogP contribution in [0.15, 0.2) is 28.8 Å². The van der Waals surface area contributed by atoms with Gasteiger partial charge < -0.3 is 9.84 Å². The Bertz CT molecular complexity index is 507. The Morgan fingerprint density at radius 1 is 1.38 bits per heavy atom. The van der Waals surface area contributed by atoms with E-state index in [0.717, 1.165) is 12.8 Å². The average Bonchev–Trinajstić information content (AvgIpc) is 2.94. The van der Waals surface area contributed by atoms with Crippen molar-refractivity contribution in [3.63, 3.8) is 0 Å². The SMILES string of the molecule is Fc1cccc(-c2noc(NC3CC3)n2)c1. The van der Waals surface area contributed by atoms with Crippen LogP contribution in [-0.4, -0.2) is 16.2 Å². The van der Waals surface area contributed by atoms with Crippen LogP contribution in [-0.2, 0) is 0 Å². The number of halogens is 1. The maximum atomic E-state index is 13.0. The molecule has 1 aliphatic carbocycles. The summed E-state index contributed by atoms with van der Waals surface area (Å²) in [6.45, 7) is 0. The molecular weight excluding hydrogens is 209 g/mol. The highest BCUT2D eigenvalue weighted by molar-refractivity contribution is 5.55. The number of aromatic nitrogens is 2. The van der Waals surface area contributed by atoms with E-state index in [-0.39, 0.29) is 5.82 Å². The second-order valence-electron chi connectivity index (χ2n) is 3.85. The van der Waals surface area contributed by atoms with Gasteiger partial charge >= 0.3 is 6.01 Å². The molecule has 0 bridgehead atoms. The molecule has 5 heteroatoms. The molecule has 3 rings (SSSR count). The van der Waals surface area contributed by atoms with E-state index < -0.39 is 0 Å². The lowest BCUT2D eigenvalue weighted by Crippen LogP contribution is -2.00. The topological polar surface area (TPSA) is 51.0 Å². The Balaban J connectivity index is 1.85. The molecule has 0 saturated heterocycles. The van der Waals surface area contributed by atoms with Gasteiger partial charge in [-0.25, -0.2) is 4.39 Å². The molecule has 82 valence electrons. The van der Waals surface area contributed by atoms with Crippen LogP contribution in [0.3, 0.4) is 0 Å². The molecular formula is C11H10FN3O. The number of hydrogen-bond donors (Lipinski definition) is 1. The van der Waals surface area contributed by atoms with E-state index in [4.69, 9.17) is 4.52 Å². The number of hydrogen-bond acceptors (Lipinski definition) is 4. The fourth-order valence-corrected chi connectivity index (χ4v) is 1.43. The normalized spacial score (nSPS) is 15.1. The van der Waals surface area contributed by atoms with Crippen molar-refractivity contribution in [1.29, 1.82) is 0 Å². The maximum Gasteiger partial charge on any atom is 0.322 e. The van der Waals surface area contributed by atoms with Crippen LogP contribution in [0.1, 0.15) is 12.8 Å². The first-order chi connectivity index (χ1) is 7.81. The van der Waals surface area contributed by atoms with Gasteiger partial charge in [0.2, 0.25) is 5.82 Å². The minimum atomic E-state index is -0.306. The summed E-state index contributed by atoms with van der Waals surface area (Å²) in [4.78, 5) is 4.15. The van der Waals surface area contributed by atoms with Crippen molar-refractivity contribution in [2.75, 3.05) is 5.32 Å². The molecule has 0 amide bonds. The molecule has 0 radical (unpaired) electrons. The number of rotatable bonds is 3. The van der Waals surface area contributed by atoms with Crippen LogP contribution in [0.5, 0.6) is 0 Å². The maximum absolute atomic E-state index is 13.0. The zero-order chi connectivity index (χ0) is 11.0. The highest BCUT2D eigenvalue weighted by Crippen LogP contribution is 2.25. The van der Waals surface area contributed by atoms with Crippen LogP contribution in [0.25, 0.3) is 11.4 Å². The zero-order valence-corrected chi connectivity index (χ0v) is 8.48. The summed E-state index contributed by atoms with van der Waals surface area (Å²) in [6.07, 6.45) is 2.27. The Morgan fingerprint density at radius 3 is 3.00 bits per heavy atom. The largest absolute Gasteiger partial charge is 0.335 e. The van der Waals surface area contributed by atoms with Gasteiger partial charge in [-0.2, -0.15) is 4.98 Å². The van der Waals surface area contributed by atoms with E-state index in [2.05, 4.69) is 15.5 Å². The van der Waals surface area contributed by atoms with Gasteiger partial charge in [0.1, 0.15) is 5.82 Å². The van der Waals surface area contributed by atoms with Crippen molar-refractivity contribution in [2.45, 2.75) is 18.9 Å². The zero-order valence-electron chi connectivity index (χ0n) is 8.48. The summed E-state index contributed by atoms with van der Waals surface area (Å²) in [5, 5.41) is 6.88. The minimum absolute atomic E-state index is 0.306. The second-order valence-corrected chi connectivity index (χ2v) is 3.85. The first-order valence-electron chi connectivity index (χ1n) is 5.17. The summed E-state index contributed by atoms with van der Waals surface area (Å²) >= 11 is 0. The van der Waals surface area contributed by atoms with Crippen LogP contribution < -0.4 is 5.32 Å². The molecule has 1 aliphatic rings. The third-order valence-electron chi connectivity index (χ3n) is 2.41. The number of benzene rings is 1. The molecule has 2 aromatic rings. The number of nitrogens with one attached hydrogen (secondary N) is 1. The van der Waals surface area contributed by atoms with E-state index in [9.17, 15) is 4.39 Å². The predicted molar refractivity (Wildman–Crippen MR) is 56.3 cm³/mol. The van der Waals surface area contributed by atoms with Gasteiger partial charge in [0.25, 0.3) is 0 Å². The van der Waals surface area contributed by atoms with Crippen molar-refractivity contribution < 1.29 is 8.91 Å². The minimum Gasteiger partial charge on any atom is -0.335 e. The summed E-state index contributed by atoms with van der Waals surface area (Å²) in [6, 6.07) is 6.99. The quantitative estimate of drug-likeness (QED) is 0.861. The van der Waals surface area contributed by atoms with Crippen LogP contribution in [0.2, 0.25) is 0 Å². The van der Waals surface area contributed by atoms with Crippen molar-refractivity contribution in [3.05, 3.63) is 30.1 Å². The highest BCUT2D eigenvalue weighted by atomic mass is 19.1. The lowest BCUT2D eigenvalue weighted by atomic mass is 10.2. The van der Waals surface area contributed by atoms with Crippen molar-refractivity contribution >= 4 is 6.01 Å². The van der Waals surface area contributed by atoms with Crippen molar-refractivity contribution in [3.8, 4) is 11.4 Å². The highest BCUT2D eigenvalue weighted by Gasteiger charge is 2.23. The van der Waals surface area contributed by atoms with E-state index in [1.807, 2.05) is 0 Å². The molecule has 4 nitrogen and oxygen atoms in total. The predicted octanol–water partition coefficient (Wildman–Crippen LogP) is 2.45. The molecule has 1 aromatic heterocycles. The third kappa shape index (κ3) is 1.88. The molecule has 1 heterocycles. The van der Waals surface area contributed by atoms with Gasteiger partial charge in [0.15, 0.2) is 0 Å². The van der Waals surface area contributed by atoms with E-state index in [0.29, 0.717) is 23.4 Å². The standard InChI is InChI=1S/C11H10FN3O/c12-8-3-1-2-7(6-8)10-14-11(16-15-10)13-9-4-5-9/h1-3,6,9H,4-5H2,(H,13,14,15). The Labute approximate surface area is 91.5 Å². The van der Waals surface area contributed by atoms with Crippen LogP contribution >= 0.6 is 0 Å². The van der Waals surface area contributed by atoms with E-state index in [1.54, 1.807) is 12.1 Å². The molecule has 1 fully saturated rings. The Hall–Kier alpha value is -1.91. The molecule has 0 atom stereocenters. The summed E-state index contributed by atoms with van der Waals surface area (Å²) in [5.74, 6) is 0.0988. The van der Waals surface area contributed by atoms with Gasteiger partial charge in [-0.15, -0.1) is 0 Å². The number of anilines is 1. The Kier molecular flexibility index (Phi) is 2.09. The van der Waals surface area contributed by atoms with Crippen LogP contribution in [0.4, 0.5) is 10.4 Å². The summed E-state index contributed by atoms with van der Waals surface area (Å²) in [7, 11) is 0. The molecule has 16 heavy (non-hydrogen) atoms. The van der Waals surface area contributed by atoms with Gasteiger partial charge in [-0.1, -0.05) is 17.3 Å². The second kappa shape index (κ2) is 3.59. The molecule has 1 saturated carbocycles. The first kappa shape index (κ1) is 9.33. The number of nitrogens with zero attached hydrogens (tertiary/aromatic N) is 2. The van der Waals surface area contributed by atoms with Crippen molar-refractivity contribution in [2.24, 2.45) is 0 Å². The monoisotopic (exact) mass is 219 g/mol. The summed E-state index contributed by atoms with van der Waals surface area (Å²) in [5.41, 5.74) is 0.618. The van der Waals surface area contributed by atoms with Gasteiger partial charge in [-0.3, -0.25) is 0 Å². The lowest BCUT2D eigenvalue weighted by molar-refractivity contribution is 0.432. The van der Waals surface area contributed by atoms with E-state index in [1.165, 1.54) is 12.1 Å². The fraction of sp³-hybridized carbons (Fsp3) is 0.273. The van der Waals surface area contributed by atoms with Gasteiger partial charge in [0.05, 0.1) is 0 Å². The molecule has 0 spiro atoms. The first-order valence-corrected chi connectivity index (χ1v) is 5.17. The smallest absolute Gasteiger partial charge is 0.322 e. The average molecular weight is 219 g/mol. The molecule has 0 aliphatic heterocycles. The Morgan fingerprint density at radius 2 is 2.25 bits per heavy atom. The molecule has 0 unspecified atom stereocenters. The molecule has 1 N–H and O–H groups in total. The van der Waals surface area contributed by atoms with Gasteiger partial charge in [0, 0.05) is 11.6 Å². The van der Waals surface area contributed by atoms with E-state index >= 15 is 0 Å². The van der Waals surface area contributed by atoms with Crippen LogP contribution in [0, 0.1) is 5.82 Å². The third-order valence-corrected chi connectivity index (χ3v) is 2.41. The molecule has 1 aromatic carbocycles. The fourth-order valence-electron chi connectivity index (χ4n) is 1.43. The van der Waals surface area contributed by atoms with Gasteiger partial charge in [-0.05, 0) is 25.0 Å². The lowest BCUT2D eigenvalue weighted by Gasteiger charge is -1.94. The summed E-state index contributed by atoms with van der Waals surface area (Å²) < 4.78 is 18.0. The van der Waals surface area contributed by atoms with Crippen molar-refractivity contribution in [1.82, 2.24) is 10.1 Å².